The number of piperazine rings is 2. The number of hydrogen-bond donors (Lipinski definition) is 2. The third-order valence-corrected chi connectivity index (χ3v) is 9.66. The fourth-order valence-corrected chi connectivity index (χ4v) is 6.37. The van der Waals surface area contributed by atoms with Gasteiger partial charge >= 0.3 is 0 Å². The number of amides is 2. The zero-order valence-corrected chi connectivity index (χ0v) is 30.8. The quantitative estimate of drug-likeness (QED) is 0.206. The van der Waals surface area contributed by atoms with Gasteiger partial charge in [0, 0.05) is 80.5 Å². The van der Waals surface area contributed by atoms with E-state index in [9.17, 15) is 9.59 Å². The van der Waals surface area contributed by atoms with E-state index < -0.39 is 0 Å². The predicted molar refractivity (Wildman–Crippen MR) is 210 cm³/mol. The van der Waals surface area contributed by atoms with Crippen LogP contribution in [0.5, 0.6) is 11.5 Å². The normalized spacial score (nSPS) is 14.6. The summed E-state index contributed by atoms with van der Waals surface area (Å²) in [5.41, 5.74) is 17.3. The molecular weight excluding hydrogens is 687 g/mol. The standard InChI is InChI=1S/C39H46N6O4.2ClH/c1-39(2,29-3-15-35(16-4-29)48-27-37(46)44-23-19-42(20-24-44)33-11-7-31(40)8-12-33)30-5-17-36(18-6-30)49-28-38(47)45-25-21-43(22-26-45)34-13-9-32(41)10-14-34;;/h3-18H,19-28,40-41H2,1-2H3;2*1H. The Kier molecular flexibility index (Phi) is 13.3. The second-order valence-electron chi connectivity index (χ2n) is 13.2. The van der Waals surface area contributed by atoms with Crippen molar-refractivity contribution in [2.24, 2.45) is 0 Å². The second kappa shape index (κ2) is 17.4. The number of rotatable bonds is 10. The number of nitrogens with zero attached hydrogens (tertiary/aromatic N) is 4. The highest BCUT2D eigenvalue weighted by atomic mass is 35.5. The molecule has 2 aliphatic heterocycles. The first-order valence-electron chi connectivity index (χ1n) is 16.9. The molecule has 2 aliphatic rings. The number of benzene rings is 4. The van der Waals surface area contributed by atoms with E-state index in [1.54, 1.807) is 0 Å². The predicted octanol–water partition coefficient (Wildman–Crippen LogP) is 5.48. The molecule has 0 radical (unpaired) electrons. The van der Waals surface area contributed by atoms with Crippen LogP contribution in [0.1, 0.15) is 25.0 Å². The molecule has 0 unspecified atom stereocenters. The van der Waals surface area contributed by atoms with E-state index in [1.807, 2.05) is 107 Å². The Morgan fingerprint density at radius 2 is 0.843 bits per heavy atom. The number of nitrogen functional groups attached to an aromatic ring is 2. The summed E-state index contributed by atoms with van der Waals surface area (Å²) in [4.78, 5) is 34.0. The monoisotopic (exact) mass is 734 g/mol. The molecule has 12 heteroatoms. The zero-order chi connectivity index (χ0) is 34.4. The summed E-state index contributed by atoms with van der Waals surface area (Å²) in [5, 5.41) is 0. The van der Waals surface area contributed by atoms with Crippen LogP contribution in [0.25, 0.3) is 0 Å². The lowest BCUT2D eigenvalue weighted by molar-refractivity contribution is -0.134. The third kappa shape index (κ3) is 9.71. The van der Waals surface area contributed by atoms with E-state index in [2.05, 4.69) is 23.6 Å². The van der Waals surface area contributed by atoms with Crippen molar-refractivity contribution >= 4 is 59.4 Å². The minimum Gasteiger partial charge on any atom is -0.484 e. The van der Waals surface area contributed by atoms with E-state index in [1.165, 1.54) is 0 Å². The summed E-state index contributed by atoms with van der Waals surface area (Å²) >= 11 is 0. The summed E-state index contributed by atoms with van der Waals surface area (Å²) in [5.74, 6) is 1.30. The van der Waals surface area contributed by atoms with E-state index in [0.717, 1.165) is 60.1 Å². The van der Waals surface area contributed by atoms with Crippen LogP contribution in [0.15, 0.2) is 97.1 Å². The van der Waals surface area contributed by atoms with Gasteiger partial charge in [-0.2, -0.15) is 0 Å². The van der Waals surface area contributed by atoms with Gasteiger partial charge in [0.05, 0.1) is 0 Å². The number of halogens is 2. The van der Waals surface area contributed by atoms with Gasteiger partial charge in [-0.05, 0) is 83.9 Å². The smallest absolute Gasteiger partial charge is 0.260 e. The molecule has 0 bridgehead atoms. The van der Waals surface area contributed by atoms with E-state index >= 15 is 0 Å². The number of carbonyl (C=O) groups is 2. The summed E-state index contributed by atoms with van der Waals surface area (Å²) < 4.78 is 11.8. The Hall–Kier alpha value is -4.80. The van der Waals surface area contributed by atoms with Crippen molar-refractivity contribution in [2.45, 2.75) is 19.3 Å². The number of ether oxygens (including phenoxy) is 2. The van der Waals surface area contributed by atoms with Crippen LogP contribution >= 0.6 is 24.8 Å². The summed E-state index contributed by atoms with van der Waals surface area (Å²) in [6.07, 6.45) is 0. The van der Waals surface area contributed by atoms with Gasteiger partial charge in [-0.15, -0.1) is 24.8 Å². The van der Waals surface area contributed by atoms with E-state index in [-0.39, 0.29) is 55.3 Å². The lowest BCUT2D eigenvalue weighted by Crippen LogP contribution is -2.50. The van der Waals surface area contributed by atoms with Gasteiger partial charge in [-0.25, -0.2) is 0 Å². The summed E-state index contributed by atoms with van der Waals surface area (Å²) in [6.45, 7) is 10.1. The Labute approximate surface area is 313 Å². The van der Waals surface area contributed by atoms with E-state index in [4.69, 9.17) is 20.9 Å². The molecule has 2 heterocycles. The van der Waals surface area contributed by atoms with Crippen molar-refractivity contribution in [3.8, 4) is 11.5 Å². The molecule has 2 saturated heterocycles. The second-order valence-corrected chi connectivity index (χ2v) is 13.2. The van der Waals surface area contributed by atoms with Crippen LogP contribution in [-0.4, -0.2) is 87.2 Å². The van der Waals surface area contributed by atoms with Crippen molar-refractivity contribution in [3.05, 3.63) is 108 Å². The molecule has 0 aliphatic carbocycles. The maximum atomic E-state index is 12.9. The fourth-order valence-electron chi connectivity index (χ4n) is 6.37. The molecule has 0 spiro atoms. The summed E-state index contributed by atoms with van der Waals surface area (Å²) in [7, 11) is 0. The largest absolute Gasteiger partial charge is 0.484 e. The van der Waals surface area contributed by atoms with Gasteiger partial charge in [0.1, 0.15) is 11.5 Å². The highest BCUT2D eigenvalue weighted by molar-refractivity contribution is 5.85. The molecule has 51 heavy (non-hydrogen) atoms. The van der Waals surface area contributed by atoms with Crippen LogP contribution in [0.2, 0.25) is 0 Å². The van der Waals surface area contributed by atoms with Crippen molar-refractivity contribution in [1.29, 1.82) is 0 Å². The maximum absolute atomic E-state index is 12.9. The van der Waals surface area contributed by atoms with Gasteiger partial charge in [0.25, 0.3) is 11.8 Å². The SMILES string of the molecule is CC(C)(c1ccc(OCC(=O)N2CCN(c3ccc(N)cc3)CC2)cc1)c1ccc(OCC(=O)N2CCN(c3ccc(N)cc3)CC2)cc1.Cl.Cl. The molecule has 2 amide bonds. The Morgan fingerprint density at radius 3 is 1.16 bits per heavy atom. The molecule has 0 atom stereocenters. The fraction of sp³-hybridized carbons (Fsp3) is 0.333. The van der Waals surface area contributed by atoms with Crippen molar-refractivity contribution in [1.82, 2.24) is 9.80 Å². The van der Waals surface area contributed by atoms with Gasteiger partial charge in [0.15, 0.2) is 13.2 Å². The Morgan fingerprint density at radius 1 is 0.529 bits per heavy atom. The van der Waals surface area contributed by atoms with Gasteiger partial charge in [-0.1, -0.05) is 38.1 Å². The average Bonchev–Trinajstić information content (AvgIpc) is 3.14. The van der Waals surface area contributed by atoms with Crippen molar-refractivity contribution in [3.63, 3.8) is 0 Å². The topological polar surface area (TPSA) is 118 Å². The van der Waals surface area contributed by atoms with Crippen LogP contribution < -0.4 is 30.7 Å². The molecule has 4 aromatic carbocycles. The molecule has 4 aromatic rings. The van der Waals surface area contributed by atoms with E-state index in [0.29, 0.717) is 37.7 Å². The molecule has 272 valence electrons. The van der Waals surface area contributed by atoms with Gasteiger partial charge < -0.3 is 40.5 Å². The molecule has 10 nitrogen and oxygen atoms in total. The molecule has 6 rings (SSSR count). The Bertz CT molecular complexity index is 1580. The highest BCUT2D eigenvalue weighted by Crippen LogP contribution is 2.33. The first-order valence-corrected chi connectivity index (χ1v) is 16.9. The first kappa shape index (κ1) is 39.0. The highest BCUT2D eigenvalue weighted by Gasteiger charge is 2.25. The average molecular weight is 736 g/mol. The molecule has 0 saturated carbocycles. The number of carbonyl (C=O) groups excluding carboxylic acids is 2. The minimum atomic E-state index is -0.281. The minimum absolute atomic E-state index is 0. The molecule has 0 aromatic heterocycles. The lowest BCUT2D eigenvalue weighted by atomic mass is 9.78. The van der Waals surface area contributed by atoms with Crippen LogP contribution in [0.4, 0.5) is 22.7 Å². The summed E-state index contributed by atoms with van der Waals surface area (Å²) in [6, 6.07) is 31.5. The number of anilines is 4. The molecular formula is C39H48Cl2N6O4. The third-order valence-electron chi connectivity index (χ3n) is 9.66. The molecule has 2 fully saturated rings. The number of nitrogens with two attached hydrogens (primary N) is 2. The van der Waals surface area contributed by atoms with Gasteiger partial charge in [-0.3, -0.25) is 9.59 Å². The first-order chi connectivity index (χ1) is 23.7. The maximum Gasteiger partial charge on any atom is 0.260 e. The molecule has 4 N–H and O–H groups in total. The number of hydrogen-bond acceptors (Lipinski definition) is 8. The van der Waals surface area contributed by atoms with Gasteiger partial charge in [0.2, 0.25) is 0 Å². The van der Waals surface area contributed by atoms with Crippen LogP contribution in [-0.2, 0) is 15.0 Å². The van der Waals surface area contributed by atoms with Crippen molar-refractivity contribution in [2.75, 3.05) is 86.8 Å². The zero-order valence-electron chi connectivity index (χ0n) is 29.2. The van der Waals surface area contributed by atoms with Crippen LogP contribution in [0, 0.1) is 0 Å². The Balaban J connectivity index is 0.00000292. The lowest BCUT2D eigenvalue weighted by Gasteiger charge is -2.36. The van der Waals surface area contributed by atoms with Crippen LogP contribution in [0.3, 0.4) is 0 Å². The van der Waals surface area contributed by atoms with Crippen molar-refractivity contribution < 1.29 is 19.1 Å².